The summed E-state index contributed by atoms with van der Waals surface area (Å²) in [6, 6.07) is 5.40. The van der Waals surface area contributed by atoms with Crippen LogP contribution in [-0.2, 0) is 23.6 Å². The average Bonchev–Trinajstić information content (AvgIpc) is 3.24. The third kappa shape index (κ3) is 3.06. The third-order valence-electron chi connectivity index (χ3n) is 4.90. The van der Waals surface area contributed by atoms with Crippen LogP contribution < -0.4 is 16.0 Å². The van der Waals surface area contributed by atoms with E-state index in [1.54, 1.807) is 0 Å². The highest BCUT2D eigenvalue weighted by atomic mass is 32.2. The fraction of sp³-hybridized carbons (Fsp3) is 0.353. The molecular formula is C17H17FN4O5S. The number of aryl methyl sites for hydroxylation is 1. The van der Waals surface area contributed by atoms with Crippen LogP contribution in [0, 0.1) is 0 Å². The predicted molar refractivity (Wildman–Crippen MR) is 97.3 cm³/mol. The minimum absolute atomic E-state index is 0.0505. The number of benzene rings is 1. The number of rotatable bonds is 6. The summed E-state index contributed by atoms with van der Waals surface area (Å²) >= 11 is 0. The van der Waals surface area contributed by atoms with E-state index < -0.39 is 33.5 Å². The second-order valence-corrected chi connectivity index (χ2v) is 8.59. The molecule has 9 nitrogen and oxygen atoms in total. The molecule has 0 atom stereocenters. The molecule has 0 spiro atoms. The minimum atomic E-state index is -4.02. The normalized spacial score (nSPS) is 15.8. The van der Waals surface area contributed by atoms with Crippen molar-refractivity contribution in [2.24, 2.45) is 7.05 Å². The van der Waals surface area contributed by atoms with Crippen LogP contribution in [-0.4, -0.2) is 34.9 Å². The van der Waals surface area contributed by atoms with E-state index in [-0.39, 0.29) is 22.3 Å². The van der Waals surface area contributed by atoms with E-state index in [1.807, 2.05) is 0 Å². The SMILES string of the molecule is Cn1c(=O)n(Cc2ccno2)c(=O)c2cc(S(=O)(=O)NC3(CF)CC3)ccc21. The molecule has 0 aliphatic heterocycles. The molecule has 1 aromatic carbocycles. The van der Waals surface area contributed by atoms with Gasteiger partial charge in [-0.3, -0.25) is 13.9 Å². The minimum Gasteiger partial charge on any atom is -0.359 e. The highest BCUT2D eigenvalue weighted by molar-refractivity contribution is 7.89. The van der Waals surface area contributed by atoms with Crippen molar-refractivity contribution in [1.82, 2.24) is 19.0 Å². The van der Waals surface area contributed by atoms with Gasteiger partial charge in [0, 0.05) is 13.1 Å². The largest absolute Gasteiger partial charge is 0.359 e. The lowest BCUT2D eigenvalue weighted by Crippen LogP contribution is -2.40. The van der Waals surface area contributed by atoms with Gasteiger partial charge < -0.3 is 4.52 Å². The Hall–Kier alpha value is -2.79. The van der Waals surface area contributed by atoms with Gasteiger partial charge in [0.2, 0.25) is 10.0 Å². The number of nitrogens with zero attached hydrogens (tertiary/aromatic N) is 3. The van der Waals surface area contributed by atoms with Crippen LogP contribution in [0.3, 0.4) is 0 Å². The number of fused-ring (bicyclic) bond motifs is 1. The van der Waals surface area contributed by atoms with Crippen LogP contribution in [0.25, 0.3) is 10.9 Å². The zero-order chi connectivity index (χ0) is 20.1. The molecule has 148 valence electrons. The van der Waals surface area contributed by atoms with Crippen LogP contribution >= 0.6 is 0 Å². The van der Waals surface area contributed by atoms with E-state index in [9.17, 15) is 22.4 Å². The Morgan fingerprint density at radius 3 is 2.64 bits per heavy atom. The average molecular weight is 408 g/mol. The Labute approximate surface area is 158 Å². The summed E-state index contributed by atoms with van der Waals surface area (Å²) < 4.78 is 47.8. The molecule has 0 radical (unpaired) electrons. The van der Waals surface area contributed by atoms with Gasteiger partial charge in [-0.1, -0.05) is 5.16 Å². The first kappa shape index (κ1) is 18.6. The second-order valence-electron chi connectivity index (χ2n) is 6.91. The van der Waals surface area contributed by atoms with Crippen molar-refractivity contribution < 1.29 is 17.3 Å². The van der Waals surface area contributed by atoms with Gasteiger partial charge in [0.05, 0.1) is 34.1 Å². The Morgan fingerprint density at radius 1 is 1.29 bits per heavy atom. The molecule has 1 fully saturated rings. The van der Waals surface area contributed by atoms with E-state index in [1.165, 1.54) is 42.1 Å². The number of nitrogens with one attached hydrogen (secondary N) is 1. The molecule has 11 heteroatoms. The number of sulfonamides is 1. The van der Waals surface area contributed by atoms with Gasteiger partial charge in [-0.2, -0.15) is 0 Å². The Morgan fingerprint density at radius 2 is 2.04 bits per heavy atom. The Balaban J connectivity index is 1.85. The first-order valence-electron chi connectivity index (χ1n) is 8.49. The molecule has 0 saturated heterocycles. The van der Waals surface area contributed by atoms with Gasteiger partial charge in [-0.25, -0.2) is 22.3 Å². The van der Waals surface area contributed by atoms with Crippen molar-refractivity contribution in [3.05, 3.63) is 57.1 Å². The van der Waals surface area contributed by atoms with Crippen LogP contribution in [0.4, 0.5) is 4.39 Å². The smallest absolute Gasteiger partial charge is 0.331 e. The predicted octanol–water partition coefficient (Wildman–Crippen LogP) is 0.517. The van der Waals surface area contributed by atoms with Crippen molar-refractivity contribution in [1.29, 1.82) is 0 Å². The molecule has 2 aromatic heterocycles. The van der Waals surface area contributed by atoms with Crippen molar-refractivity contribution in [3.63, 3.8) is 0 Å². The molecule has 1 aliphatic rings. The van der Waals surface area contributed by atoms with Gasteiger partial charge >= 0.3 is 5.69 Å². The van der Waals surface area contributed by atoms with Crippen molar-refractivity contribution in [3.8, 4) is 0 Å². The molecule has 0 unspecified atom stereocenters. The molecule has 0 bridgehead atoms. The summed E-state index contributed by atoms with van der Waals surface area (Å²) in [6.07, 6.45) is 2.24. The zero-order valence-corrected chi connectivity index (χ0v) is 15.7. The van der Waals surface area contributed by atoms with Crippen LogP contribution in [0.2, 0.25) is 0 Å². The second kappa shape index (κ2) is 6.38. The fourth-order valence-corrected chi connectivity index (χ4v) is 4.51. The maximum absolute atomic E-state index is 13.1. The van der Waals surface area contributed by atoms with Crippen molar-refractivity contribution in [2.45, 2.75) is 29.8 Å². The molecule has 28 heavy (non-hydrogen) atoms. The molecule has 2 heterocycles. The summed E-state index contributed by atoms with van der Waals surface area (Å²) in [7, 11) is -2.53. The zero-order valence-electron chi connectivity index (χ0n) is 14.9. The monoisotopic (exact) mass is 408 g/mol. The van der Waals surface area contributed by atoms with Gasteiger partial charge in [0.1, 0.15) is 6.67 Å². The fourth-order valence-electron chi connectivity index (χ4n) is 3.04. The summed E-state index contributed by atoms with van der Waals surface area (Å²) in [5, 5.41) is 3.59. The van der Waals surface area contributed by atoms with Crippen molar-refractivity contribution >= 4 is 20.9 Å². The molecular weight excluding hydrogens is 391 g/mol. The van der Waals surface area contributed by atoms with E-state index in [0.29, 0.717) is 18.6 Å². The highest BCUT2D eigenvalue weighted by Crippen LogP contribution is 2.37. The van der Waals surface area contributed by atoms with E-state index in [2.05, 4.69) is 9.88 Å². The number of alkyl halides is 1. The number of aromatic nitrogens is 3. The molecule has 3 aromatic rings. The third-order valence-corrected chi connectivity index (χ3v) is 6.47. The maximum atomic E-state index is 13.1. The van der Waals surface area contributed by atoms with Crippen LogP contribution in [0.1, 0.15) is 18.6 Å². The number of hydrogen-bond acceptors (Lipinski definition) is 6. The van der Waals surface area contributed by atoms with E-state index in [0.717, 1.165) is 4.57 Å². The quantitative estimate of drug-likeness (QED) is 0.636. The van der Waals surface area contributed by atoms with E-state index in [4.69, 9.17) is 4.52 Å². The van der Waals surface area contributed by atoms with Crippen LogP contribution in [0.5, 0.6) is 0 Å². The standard InChI is InChI=1S/C17H17FN4O5S/c1-21-14-3-2-12(28(25,26)20-17(10-18)5-6-17)8-13(14)15(23)22(16(21)24)9-11-4-7-19-27-11/h2-4,7-8,20H,5-6,9-10H2,1H3. The highest BCUT2D eigenvalue weighted by Gasteiger charge is 2.46. The molecule has 1 saturated carbocycles. The van der Waals surface area contributed by atoms with Gasteiger partial charge in [0.25, 0.3) is 5.56 Å². The first-order chi connectivity index (χ1) is 13.3. The van der Waals surface area contributed by atoms with Gasteiger partial charge in [-0.05, 0) is 31.0 Å². The summed E-state index contributed by atoms with van der Waals surface area (Å²) in [4.78, 5) is 25.2. The summed E-state index contributed by atoms with van der Waals surface area (Å²) in [5.41, 5.74) is -1.99. The van der Waals surface area contributed by atoms with Gasteiger partial charge in [-0.15, -0.1) is 0 Å². The summed E-state index contributed by atoms with van der Waals surface area (Å²) in [5.74, 6) is 0.308. The topological polar surface area (TPSA) is 116 Å². The molecule has 4 rings (SSSR count). The Bertz CT molecular complexity index is 1270. The van der Waals surface area contributed by atoms with Crippen LogP contribution in [0.15, 0.2) is 49.5 Å². The maximum Gasteiger partial charge on any atom is 0.331 e. The molecule has 1 aliphatic carbocycles. The van der Waals surface area contributed by atoms with E-state index >= 15 is 0 Å². The number of hydrogen-bond donors (Lipinski definition) is 1. The van der Waals surface area contributed by atoms with Gasteiger partial charge in [0.15, 0.2) is 5.76 Å². The Kier molecular flexibility index (Phi) is 4.23. The molecule has 1 N–H and O–H groups in total. The lowest BCUT2D eigenvalue weighted by Gasteiger charge is -2.15. The summed E-state index contributed by atoms with van der Waals surface area (Å²) in [6.45, 7) is -0.931. The number of halogens is 1. The first-order valence-corrected chi connectivity index (χ1v) is 9.98. The molecule has 0 amide bonds. The van der Waals surface area contributed by atoms with Crippen molar-refractivity contribution in [2.75, 3.05) is 6.67 Å². The lowest BCUT2D eigenvalue weighted by atomic mass is 10.2. The lowest BCUT2D eigenvalue weighted by molar-refractivity contribution is 0.372.